The summed E-state index contributed by atoms with van der Waals surface area (Å²) < 4.78 is 0. The van der Waals surface area contributed by atoms with Gasteiger partial charge in [-0.3, -0.25) is 9.78 Å². The van der Waals surface area contributed by atoms with Crippen LogP contribution in [0.4, 0.5) is 0 Å². The van der Waals surface area contributed by atoms with E-state index in [1.54, 1.807) is 0 Å². The summed E-state index contributed by atoms with van der Waals surface area (Å²) in [7, 11) is 0. The topological polar surface area (TPSA) is 65.5 Å². The molecule has 0 aromatic carbocycles. The van der Waals surface area contributed by atoms with Crippen LogP contribution in [0.15, 0.2) is 18.5 Å². The van der Waals surface area contributed by atoms with Crippen LogP contribution in [0.2, 0.25) is 0 Å². The number of hydrogen-bond donors (Lipinski definition) is 2. The molecule has 0 aliphatic carbocycles. The molecule has 20 heavy (non-hydrogen) atoms. The number of amides is 1. The van der Waals surface area contributed by atoms with E-state index >= 15 is 0 Å². The van der Waals surface area contributed by atoms with Gasteiger partial charge in [0.15, 0.2) is 0 Å². The van der Waals surface area contributed by atoms with Crippen LogP contribution in [-0.2, 0) is 0 Å². The minimum atomic E-state index is -0.180. The van der Waals surface area contributed by atoms with Gasteiger partial charge in [-0.1, -0.05) is 6.92 Å². The molecule has 0 unspecified atom stereocenters. The highest BCUT2D eigenvalue weighted by Crippen LogP contribution is 2.15. The van der Waals surface area contributed by atoms with E-state index in [0.29, 0.717) is 12.1 Å². The Hall–Kier alpha value is -1.62. The summed E-state index contributed by atoms with van der Waals surface area (Å²) in [4.78, 5) is 18.1. The molecule has 1 fully saturated rings. The predicted octanol–water partition coefficient (Wildman–Crippen LogP) is 1.64. The van der Waals surface area contributed by atoms with Gasteiger partial charge in [-0.25, -0.2) is 0 Å². The summed E-state index contributed by atoms with van der Waals surface area (Å²) >= 11 is 0. The van der Waals surface area contributed by atoms with Gasteiger partial charge in [0, 0.05) is 12.7 Å². The number of nitrogens with zero attached hydrogens (tertiary/aromatic N) is 2. The molecule has 2 N–H and O–H groups in total. The third kappa shape index (κ3) is 4.49. The zero-order valence-corrected chi connectivity index (χ0v) is 12.0. The van der Waals surface area contributed by atoms with Gasteiger partial charge in [0.1, 0.15) is 5.75 Å². The lowest BCUT2D eigenvalue weighted by atomic mass is 9.99. The molecule has 0 atom stereocenters. The number of aromatic nitrogens is 1. The van der Waals surface area contributed by atoms with Gasteiger partial charge in [-0.05, 0) is 50.9 Å². The molecule has 1 aliphatic heterocycles. The third-order valence-electron chi connectivity index (χ3n) is 3.80. The number of rotatable bonds is 5. The van der Waals surface area contributed by atoms with E-state index in [2.05, 4.69) is 22.1 Å². The first-order valence-corrected chi connectivity index (χ1v) is 7.29. The number of carbonyl (C=O) groups excluding carboxylic acids is 1. The Morgan fingerprint density at radius 3 is 2.90 bits per heavy atom. The van der Waals surface area contributed by atoms with Crippen LogP contribution in [0.3, 0.4) is 0 Å². The minimum absolute atomic E-state index is 0.0140. The van der Waals surface area contributed by atoms with Gasteiger partial charge in [-0.2, -0.15) is 0 Å². The van der Waals surface area contributed by atoms with Crippen molar-refractivity contribution in [3.8, 4) is 5.75 Å². The van der Waals surface area contributed by atoms with E-state index in [1.165, 1.54) is 44.4 Å². The van der Waals surface area contributed by atoms with Crippen LogP contribution in [0, 0.1) is 5.92 Å². The third-order valence-corrected chi connectivity index (χ3v) is 3.80. The van der Waals surface area contributed by atoms with E-state index in [-0.39, 0.29) is 11.7 Å². The SMILES string of the molecule is CC1CCN(CCCNC(=O)c2cncc(O)c2)CC1. The van der Waals surface area contributed by atoms with Crippen LogP contribution in [0.1, 0.15) is 36.5 Å². The second-order valence-electron chi connectivity index (χ2n) is 5.57. The molecule has 1 aliphatic rings. The molecule has 2 rings (SSSR count). The van der Waals surface area contributed by atoms with E-state index in [9.17, 15) is 9.90 Å². The Bertz CT molecular complexity index is 442. The van der Waals surface area contributed by atoms with Crippen LogP contribution < -0.4 is 5.32 Å². The summed E-state index contributed by atoms with van der Waals surface area (Å²) in [5.41, 5.74) is 0.400. The van der Waals surface area contributed by atoms with Crippen molar-refractivity contribution in [1.82, 2.24) is 15.2 Å². The fraction of sp³-hybridized carbons (Fsp3) is 0.600. The zero-order chi connectivity index (χ0) is 14.4. The van der Waals surface area contributed by atoms with E-state index in [4.69, 9.17) is 0 Å². The van der Waals surface area contributed by atoms with E-state index < -0.39 is 0 Å². The minimum Gasteiger partial charge on any atom is -0.506 e. The number of carbonyl (C=O) groups is 1. The second kappa shape index (κ2) is 7.24. The molecule has 1 amide bonds. The zero-order valence-electron chi connectivity index (χ0n) is 12.0. The van der Waals surface area contributed by atoms with Gasteiger partial charge in [-0.15, -0.1) is 0 Å². The number of aromatic hydroxyl groups is 1. The van der Waals surface area contributed by atoms with Crippen LogP contribution in [-0.4, -0.2) is 47.1 Å². The van der Waals surface area contributed by atoms with Crippen molar-refractivity contribution in [1.29, 1.82) is 0 Å². The first-order chi connectivity index (χ1) is 9.65. The molecule has 1 aromatic rings. The molecule has 0 saturated carbocycles. The van der Waals surface area contributed by atoms with Gasteiger partial charge < -0.3 is 15.3 Å². The highest BCUT2D eigenvalue weighted by molar-refractivity contribution is 5.94. The van der Waals surface area contributed by atoms with Gasteiger partial charge in [0.05, 0.1) is 11.8 Å². The normalized spacial score (nSPS) is 17.1. The van der Waals surface area contributed by atoms with Crippen LogP contribution >= 0.6 is 0 Å². The van der Waals surface area contributed by atoms with E-state index in [0.717, 1.165) is 18.9 Å². The first-order valence-electron chi connectivity index (χ1n) is 7.29. The monoisotopic (exact) mass is 277 g/mol. The van der Waals surface area contributed by atoms with Gasteiger partial charge >= 0.3 is 0 Å². The molecule has 0 bridgehead atoms. The van der Waals surface area contributed by atoms with Crippen LogP contribution in [0.5, 0.6) is 5.75 Å². The highest BCUT2D eigenvalue weighted by atomic mass is 16.3. The van der Waals surface area contributed by atoms with Gasteiger partial charge in [0.25, 0.3) is 5.91 Å². The number of pyridine rings is 1. The molecule has 2 heterocycles. The van der Waals surface area contributed by atoms with Crippen LogP contribution in [0.25, 0.3) is 0 Å². The van der Waals surface area contributed by atoms with E-state index in [1.807, 2.05) is 0 Å². The predicted molar refractivity (Wildman–Crippen MR) is 77.7 cm³/mol. The van der Waals surface area contributed by atoms with Crippen molar-refractivity contribution in [2.75, 3.05) is 26.2 Å². The molecule has 1 aromatic heterocycles. The Morgan fingerprint density at radius 2 is 2.20 bits per heavy atom. The summed E-state index contributed by atoms with van der Waals surface area (Å²) in [5.74, 6) is 0.685. The fourth-order valence-corrected chi connectivity index (χ4v) is 2.44. The smallest absolute Gasteiger partial charge is 0.252 e. The van der Waals surface area contributed by atoms with Gasteiger partial charge in [0.2, 0.25) is 0 Å². The summed E-state index contributed by atoms with van der Waals surface area (Å²) in [6.45, 7) is 6.34. The van der Waals surface area contributed by atoms with Crippen molar-refractivity contribution < 1.29 is 9.90 Å². The average molecular weight is 277 g/mol. The average Bonchev–Trinajstić information content (AvgIpc) is 2.45. The summed E-state index contributed by atoms with van der Waals surface area (Å²) in [6, 6.07) is 1.42. The molecule has 5 heteroatoms. The van der Waals surface area contributed by atoms with Crippen molar-refractivity contribution in [3.05, 3.63) is 24.0 Å². The quantitative estimate of drug-likeness (QED) is 0.803. The van der Waals surface area contributed by atoms with Crippen molar-refractivity contribution in [2.45, 2.75) is 26.2 Å². The lowest BCUT2D eigenvalue weighted by molar-refractivity contribution is 0.0950. The lowest BCUT2D eigenvalue weighted by Crippen LogP contribution is -2.35. The van der Waals surface area contributed by atoms with Crippen molar-refractivity contribution >= 4 is 5.91 Å². The fourth-order valence-electron chi connectivity index (χ4n) is 2.44. The molecule has 5 nitrogen and oxygen atoms in total. The maximum atomic E-state index is 11.8. The summed E-state index contributed by atoms with van der Waals surface area (Å²) in [6.07, 6.45) is 6.28. The number of hydrogen-bond acceptors (Lipinski definition) is 4. The highest BCUT2D eigenvalue weighted by Gasteiger charge is 2.15. The number of nitrogens with one attached hydrogen (secondary N) is 1. The molecule has 0 spiro atoms. The Morgan fingerprint density at radius 1 is 1.45 bits per heavy atom. The second-order valence-corrected chi connectivity index (χ2v) is 5.57. The molecular formula is C15H23N3O2. The molecule has 110 valence electrons. The van der Waals surface area contributed by atoms with Crippen molar-refractivity contribution in [3.63, 3.8) is 0 Å². The molecular weight excluding hydrogens is 254 g/mol. The Balaban J connectivity index is 1.64. The number of piperidine rings is 1. The first kappa shape index (κ1) is 14.8. The van der Waals surface area contributed by atoms with Crippen molar-refractivity contribution in [2.24, 2.45) is 5.92 Å². The molecule has 0 radical (unpaired) electrons. The maximum Gasteiger partial charge on any atom is 0.252 e. The summed E-state index contributed by atoms with van der Waals surface area (Å²) in [5, 5.41) is 12.1. The maximum absolute atomic E-state index is 11.8. The lowest BCUT2D eigenvalue weighted by Gasteiger charge is -2.30. The largest absolute Gasteiger partial charge is 0.506 e. The standard InChI is InChI=1S/C15H23N3O2/c1-12-3-7-18(8-4-12)6-2-5-17-15(20)13-9-14(19)11-16-10-13/h9-12,19H,2-8H2,1H3,(H,17,20). The Kier molecular flexibility index (Phi) is 5.35. The number of likely N-dealkylation sites (tertiary alicyclic amines) is 1. The Labute approximate surface area is 120 Å². The molecule has 1 saturated heterocycles.